The van der Waals surface area contributed by atoms with E-state index in [9.17, 15) is 14.7 Å². The van der Waals surface area contributed by atoms with E-state index in [1.807, 2.05) is 0 Å². The number of ketones is 1. The number of hydrogen-bond donors (Lipinski definition) is 2. The summed E-state index contributed by atoms with van der Waals surface area (Å²) in [5.41, 5.74) is 5.48. The van der Waals surface area contributed by atoms with Gasteiger partial charge in [-0.15, -0.1) is 0 Å². The zero-order valence-corrected chi connectivity index (χ0v) is 21.1. The molecule has 0 bridgehead atoms. The van der Waals surface area contributed by atoms with Gasteiger partial charge in [0.15, 0.2) is 0 Å². The summed E-state index contributed by atoms with van der Waals surface area (Å²) in [6, 6.07) is 0. The Hall–Kier alpha value is -0.980. The molecule has 0 spiro atoms. The summed E-state index contributed by atoms with van der Waals surface area (Å²) in [4.78, 5) is 25.4. The molecule has 0 aromatic carbocycles. The van der Waals surface area contributed by atoms with Crippen molar-refractivity contribution in [3.8, 4) is 0 Å². The number of carbonyl (C=O) groups is 2. The van der Waals surface area contributed by atoms with E-state index in [1.54, 1.807) is 0 Å². The van der Waals surface area contributed by atoms with Crippen LogP contribution in [-0.4, -0.2) is 49.3 Å². The Morgan fingerprint density at radius 1 is 1.21 bits per heavy atom. The predicted octanol–water partition coefficient (Wildman–Crippen LogP) is 3.73. The van der Waals surface area contributed by atoms with Crippen LogP contribution in [0.1, 0.15) is 78.6 Å². The molecule has 3 N–H and O–H groups in total. The third kappa shape index (κ3) is 4.18. The minimum atomic E-state index is -0.397. The van der Waals surface area contributed by atoms with Gasteiger partial charge in [0.2, 0.25) is 0 Å². The molecule has 6 nitrogen and oxygen atoms in total. The number of Topliss-reactive ketones (excluding diaryl/α,β-unsaturated/α-hetero) is 1. The molecule has 4 unspecified atom stereocenters. The van der Waals surface area contributed by atoms with Crippen molar-refractivity contribution < 1.29 is 24.2 Å². The van der Waals surface area contributed by atoms with Crippen LogP contribution in [0.5, 0.6) is 0 Å². The minimum absolute atomic E-state index is 0.0685. The van der Waals surface area contributed by atoms with Gasteiger partial charge >= 0.3 is 5.97 Å². The molecule has 0 aromatic heterocycles. The number of esters is 1. The predicted molar refractivity (Wildman–Crippen MR) is 126 cm³/mol. The van der Waals surface area contributed by atoms with Gasteiger partial charge in [-0.3, -0.25) is 9.59 Å². The van der Waals surface area contributed by atoms with Gasteiger partial charge in [-0.25, -0.2) is 0 Å². The topological polar surface area (TPSA) is 98.9 Å². The number of carbonyl (C=O) groups excluding carboxylic acids is 2. The fourth-order valence-electron chi connectivity index (χ4n) is 8.86. The third-order valence-electron chi connectivity index (χ3n) is 10.8. The number of aliphatic hydroxyl groups excluding tert-OH is 1. The zero-order chi connectivity index (χ0) is 24.0. The third-order valence-corrected chi connectivity index (χ3v) is 10.8. The maximum Gasteiger partial charge on any atom is 0.305 e. The molecular weight excluding hydrogens is 418 g/mol. The number of nitrogens with two attached hydrogens (primary N) is 1. The van der Waals surface area contributed by atoms with Gasteiger partial charge in [0.05, 0.1) is 25.9 Å². The maximum atomic E-state index is 13.7. The van der Waals surface area contributed by atoms with Gasteiger partial charge in [-0.2, -0.15) is 0 Å². The molecule has 10 atom stereocenters. The second-order valence-corrected chi connectivity index (χ2v) is 12.1. The number of methoxy groups -OCH3 is 1. The first-order chi connectivity index (χ1) is 15.7. The molecule has 0 saturated heterocycles. The summed E-state index contributed by atoms with van der Waals surface area (Å²) in [7, 11) is 1.44. The van der Waals surface area contributed by atoms with Gasteiger partial charge in [0.25, 0.3) is 0 Å². The molecule has 4 aliphatic carbocycles. The molecule has 4 aliphatic rings. The van der Waals surface area contributed by atoms with Crippen molar-refractivity contribution >= 4 is 11.8 Å². The molecule has 0 amide bonds. The Labute approximate surface area is 199 Å². The molecular formula is C27H45NO5. The Morgan fingerprint density at radius 2 is 1.97 bits per heavy atom. The number of rotatable bonds is 7. The number of aliphatic hydroxyl groups is 1. The lowest BCUT2D eigenvalue weighted by molar-refractivity contribution is -0.184. The van der Waals surface area contributed by atoms with Crippen molar-refractivity contribution in [2.45, 2.75) is 90.8 Å². The van der Waals surface area contributed by atoms with Crippen molar-refractivity contribution in [1.82, 2.24) is 0 Å². The normalized spacial score (nSPS) is 45.6. The number of ether oxygens (including phenoxy) is 2. The molecule has 4 rings (SSSR count). The minimum Gasteiger partial charge on any atom is -0.469 e. The van der Waals surface area contributed by atoms with Crippen LogP contribution in [0.3, 0.4) is 0 Å². The van der Waals surface area contributed by atoms with Gasteiger partial charge in [-0.05, 0) is 80.0 Å². The van der Waals surface area contributed by atoms with Crippen LogP contribution in [0, 0.1) is 46.3 Å². The fraction of sp³-hybridized carbons (Fsp3) is 0.926. The largest absolute Gasteiger partial charge is 0.469 e. The summed E-state index contributed by atoms with van der Waals surface area (Å²) in [5, 5.41) is 11.6. The van der Waals surface area contributed by atoms with E-state index in [-0.39, 0.29) is 40.7 Å². The average Bonchev–Trinajstić information content (AvgIpc) is 3.15. The highest BCUT2D eigenvalue weighted by atomic mass is 16.5. The standard InChI is InChI=1S/C27H45NO5/c1-16(5-8-24(31)32-4)19-6-7-20-25-21(15-23(30)27(19,20)3)26(2)10-9-18(33-12-11-28)13-17(26)14-22(25)29/h16-21,23,25,30H,5-15,28H2,1-4H3/t16-,17?,18+,19-,20?,21?,23+,25?,26+,27-/m1/s1. The van der Waals surface area contributed by atoms with Gasteiger partial charge in [0, 0.05) is 30.7 Å². The number of hydrogen-bond acceptors (Lipinski definition) is 6. The van der Waals surface area contributed by atoms with Crippen molar-refractivity contribution in [2.24, 2.45) is 52.1 Å². The molecule has 0 radical (unpaired) electrons. The summed E-state index contributed by atoms with van der Waals surface area (Å²) >= 11 is 0. The van der Waals surface area contributed by atoms with Crippen LogP contribution >= 0.6 is 0 Å². The summed E-state index contributed by atoms with van der Waals surface area (Å²) in [6.45, 7) is 7.96. The van der Waals surface area contributed by atoms with Crippen molar-refractivity contribution in [3.05, 3.63) is 0 Å². The second kappa shape index (κ2) is 9.58. The van der Waals surface area contributed by atoms with E-state index in [4.69, 9.17) is 15.2 Å². The van der Waals surface area contributed by atoms with Crippen LogP contribution in [0.2, 0.25) is 0 Å². The SMILES string of the molecule is COC(=O)CC[C@@H](C)[C@H]1CCC2C3C(=O)CC4C[C@@H](OCCN)CC[C@]4(C)C3C[C@H](O)[C@@]21C. The molecule has 0 aromatic rings. The Kier molecular flexibility index (Phi) is 7.29. The van der Waals surface area contributed by atoms with Gasteiger partial charge < -0.3 is 20.3 Å². The van der Waals surface area contributed by atoms with Gasteiger partial charge in [0.1, 0.15) is 5.78 Å². The van der Waals surface area contributed by atoms with Crippen molar-refractivity contribution in [2.75, 3.05) is 20.3 Å². The van der Waals surface area contributed by atoms with E-state index in [1.165, 1.54) is 7.11 Å². The molecule has 6 heteroatoms. The van der Waals surface area contributed by atoms with Crippen LogP contribution in [0.25, 0.3) is 0 Å². The molecule has 0 aliphatic heterocycles. The van der Waals surface area contributed by atoms with E-state index in [0.717, 1.165) is 44.9 Å². The van der Waals surface area contributed by atoms with Crippen LogP contribution in [0.4, 0.5) is 0 Å². The lowest BCUT2D eigenvalue weighted by Crippen LogP contribution is -2.61. The second-order valence-electron chi connectivity index (χ2n) is 12.1. The van der Waals surface area contributed by atoms with Crippen LogP contribution < -0.4 is 5.73 Å². The van der Waals surface area contributed by atoms with Crippen LogP contribution in [-0.2, 0) is 19.1 Å². The lowest BCUT2D eigenvalue weighted by atomic mass is 9.43. The van der Waals surface area contributed by atoms with E-state index >= 15 is 0 Å². The number of fused-ring (bicyclic) bond motifs is 5. The highest BCUT2D eigenvalue weighted by Crippen LogP contribution is 2.67. The van der Waals surface area contributed by atoms with Crippen molar-refractivity contribution in [1.29, 1.82) is 0 Å². The van der Waals surface area contributed by atoms with E-state index in [0.29, 0.717) is 49.5 Å². The first-order valence-corrected chi connectivity index (χ1v) is 13.3. The van der Waals surface area contributed by atoms with E-state index in [2.05, 4.69) is 20.8 Å². The first-order valence-electron chi connectivity index (χ1n) is 13.3. The molecule has 188 valence electrons. The zero-order valence-electron chi connectivity index (χ0n) is 21.1. The van der Waals surface area contributed by atoms with Gasteiger partial charge in [-0.1, -0.05) is 20.8 Å². The highest BCUT2D eigenvalue weighted by molar-refractivity contribution is 5.83. The van der Waals surface area contributed by atoms with E-state index < -0.39 is 6.10 Å². The molecule has 0 heterocycles. The molecule has 4 fully saturated rings. The smallest absolute Gasteiger partial charge is 0.305 e. The molecule has 4 saturated carbocycles. The highest BCUT2D eigenvalue weighted by Gasteiger charge is 2.65. The first kappa shape index (κ1) is 25.1. The van der Waals surface area contributed by atoms with Crippen LogP contribution in [0.15, 0.2) is 0 Å². The Balaban J connectivity index is 1.53. The fourth-order valence-corrected chi connectivity index (χ4v) is 8.86. The Morgan fingerprint density at radius 3 is 2.67 bits per heavy atom. The molecule has 33 heavy (non-hydrogen) atoms. The summed E-state index contributed by atoms with van der Waals surface area (Å²) in [6.07, 6.45) is 7.47. The quantitative estimate of drug-likeness (QED) is 0.558. The monoisotopic (exact) mass is 463 g/mol. The lowest BCUT2D eigenvalue weighted by Gasteiger charge is -2.61. The summed E-state index contributed by atoms with van der Waals surface area (Å²) in [5.74, 6) is 1.83. The average molecular weight is 464 g/mol. The summed E-state index contributed by atoms with van der Waals surface area (Å²) < 4.78 is 10.8. The maximum absolute atomic E-state index is 13.7. The Bertz CT molecular complexity index is 742. The van der Waals surface area contributed by atoms with Crippen molar-refractivity contribution in [3.63, 3.8) is 0 Å².